The van der Waals surface area contributed by atoms with Gasteiger partial charge >= 0.3 is 6.09 Å². The molecule has 4 aliphatic carbocycles. The summed E-state index contributed by atoms with van der Waals surface area (Å²) >= 11 is 0. The van der Waals surface area contributed by atoms with E-state index in [0.717, 1.165) is 93.5 Å². The molecule has 3 saturated carbocycles. The van der Waals surface area contributed by atoms with Crippen LogP contribution in [-0.2, 0) is 4.74 Å². The summed E-state index contributed by atoms with van der Waals surface area (Å²) in [5, 5.41) is 0. The van der Waals surface area contributed by atoms with Crippen LogP contribution in [0.3, 0.4) is 0 Å². The molecule has 1 amide bonds. The number of hydrogen-bond acceptors (Lipinski definition) is 4. The monoisotopic (exact) mass is 572 g/mol. The van der Waals surface area contributed by atoms with Crippen molar-refractivity contribution >= 4 is 6.09 Å². The van der Waals surface area contributed by atoms with E-state index in [1.807, 2.05) is 4.90 Å². The molecule has 0 aromatic heterocycles. The molecule has 0 aromatic carbocycles. The van der Waals surface area contributed by atoms with Crippen molar-refractivity contribution in [2.45, 2.75) is 137 Å². The van der Waals surface area contributed by atoms with Crippen LogP contribution in [0.25, 0.3) is 0 Å². The van der Waals surface area contributed by atoms with Crippen molar-refractivity contribution in [3.8, 4) is 0 Å². The SMILES string of the molecule is CC(C)CCC[C@@H](C)[C@H]1CC[C@H]2[C@@H]3CC=C4CC(OC(=O)N(CCCCN)CCCCN)CC[C@]4(C)[C@H]3CC[C@]12C. The first-order chi connectivity index (χ1) is 19.6. The lowest BCUT2D eigenvalue weighted by molar-refractivity contribution is -0.0593. The molecule has 0 bridgehead atoms. The van der Waals surface area contributed by atoms with Crippen LogP contribution in [0.4, 0.5) is 4.79 Å². The van der Waals surface area contributed by atoms with Gasteiger partial charge in [-0.3, -0.25) is 0 Å². The van der Waals surface area contributed by atoms with Gasteiger partial charge in [0.1, 0.15) is 6.10 Å². The van der Waals surface area contributed by atoms with Gasteiger partial charge in [0.05, 0.1) is 0 Å². The molecule has 8 atom stereocenters. The number of unbranched alkanes of at least 4 members (excludes halogenated alkanes) is 2. The minimum Gasteiger partial charge on any atom is -0.446 e. The summed E-state index contributed by atoms with van der Waals surface area (Å²) in [7, 11) is 0. The van der Waals surface area contributed by atoms with Crippen molar-refractivity contribution in [3.63, 3.8) is 0 Å². The van der Waals surface area contributed by atoms with Crippen LogP contribution in [0.2, 0.25) is 0 Å². The summed E-state index contributed by atoms with van der Waals surface area (Å²) < 4.78 is 6.20. The number of allylic oxidation sites excluding steroid dienone is 1. The van der Waals surface area contributed by atoms with Crippen LogP contribution in [0, 0.1) is 46.3 Å². The van der Waals surface area contributed by atoms with Gasteiger partial charge < -0.3 is 21.1 Å². The van der Waals surface area contributed by atoms with Crippen LogP contribution < -0.4 is 11.5 Å². The van der Waals surface area contributed by atoms with E-state index in [1.165, 1.54) is 51.4 Å². The summed E-state index contributed by atoms with van der Waals surface area (Å²) in [4.78, 5) is 15.1. The van der Waals surface area contributed by atoms with Crippen LogP contribution in [0.1, 0.15) is 131 Å². The molecule has 4 rings (SSSR count). The maximum Gasteiger partial charge on any atom is 0.410 e. The summed E-state index contributed by atoms with van der Waals surface area (Å²) in [6, 6.07) is 0. The lowest BCUT2D eigenvalue weighted by atomic mass is 9.47. The Labute approximate surface area is 253 Å². The quantitative estimate of drug-likeness (QED) is 0.162. The first-order valence-corrected chi connectivity index (χ1v) is 17.7. The Morgan fingerprint density at radius 3 is 2.29 bits per heavy atom. The van der Waals surface area contributed by atoms with Crippen molar-refractivity contribution in [2.75, 3.05) is 26.2 Å². The molecular weight excluding hydrogens is 506 g/mol. The number of nitrogens with zero attached hydrogens (tertiary/aromatic N) is 1. The number of hydrogen-bond donors (Lipinski definition) is 2. The summed E-state index contributed by atoms with van der Waals surface area (Å²) in [6.07, 6.45) is 20.5. The first kappa shape index (κ1) is 32.8. The molecular formula is C36H65N3O2. The summed E-state index contributed by atoms with van der Waals surface area (Å²) in [5.74, 6) is 5.13. The highest BCUT2D eigenvalue weighted by atomic mass is 16.6. The zero-order valence-corrected chi connectivity index (χ0v) is 27.5. The number of carbonyl (C=O) groups is 1. The lowest BCUT2D eigenvalue weighted by Crippen LogP contribution is -2.51. The molecule has 0 aromatic rings. The van der Waals surface area contributed by atoms with Gasteiger partial charge in [-0.1, -0.05) is 65.5 Å². The molecule has 0 heterocycles. The molecule has 41 heavy (non-hydrogen) atoms. The Bertz CT molecular complexity index is 863. The van der Waals surface area contributed by atoms with Gasteiger partial charge in [-0.05, 0) is 130 Å². The Balaban J connectivity index is 1.37. The van der Waals surface area contributed by atoms with E-state index in [2.05, 4.69) is 40.7 Å². The zero-order chi connectivity index (χ0) is 29.6. The van der Waals surface area contributed by atoms with Crippen molar-refractivity contribution in [3.05, 3.63) is 11.6 Å². The van der Waals surface area contributed by atoms with E-state index in [9.17, 15) is 4.79 Å². The maximum atomic E-state index is 13.2. The van der Waals surface area contributed by atoms with Gasteiger partial charge in [-0.15, -0.1) is 0 Å². The average molecular weight is 572 g/mol. The highest BCUT2D eigenvalue weighted by Gasteiger charge is 2.59. The third-order valence-corrected chi connectivity index (χ3v) is 12.5. The van der Waals surface area contributed by atoms with Gasteiger partial charge in [0, 0.05) is 19.5 Å². The minimum absolute atomic E-state index is 0.0151. The third kappa shape index (κ3) is 7.36. The molecule has 0 saturated heterocycles. The summed E-state index contributed by atoms with van der Waals surface area (Å²) in [6.45, 7) is 15.4. The van der Waals surface area contributed by atoms with E-state index in [4.69, 9.17) is 16.2 Å². The highest BCUT2D eigenvalue weighted by molar-refractivity contribution is 5.67. The molecule has 0 spiro atoms. The normalized spacial score (nSPS) is 35.3. The van der Waals surface area contributed by atoms with Crippen LogP contribution >= 0.6 is 0 Å². The van der Waals surface area contributed by atoms with E-state index in [0.29, 0.717) is 18.5 Å². The molecule has 3 fully saturated rings. The zero-order valence-electron chi connectivity index (χ0n) is 27.5. The largest absolute Gasteiger partial charge is 0.446 e. The lowest BCUT2D eigenvalue weighted by Gasteiger charge is -2.58. The van der Waals surface area contributed by atoms with Crippen molar-refractivity contribution in [1.82, 2.24) is 4.90 Å². The number of fused-ring (bicyclic) bond motifs is 5. The van der Waals surface area contributed by atoms with Crippen molar-refractivity contribution < 1.29 is 9.53 Å². The second-order valence-electron chi connectivity index (χ2n) is 15.5. The van der Waals surface area contributed by atoms with Gasteiger partial charge in [0.2, 0.25) is 0 Å². The predicted octanol–water partition coefficient (Wildman–Crippen LogP) is 8.31. The van der Waals surface area contributed by atoms with Crippen molar-refractivity contribution in [1.29, 1.82) is 0 Å². The molecule has 4 N–H and O–H groups in total. The van der Waals surface area contributed by atoms with Crippen LogP contribution in [0.5, 0.6) is 0 Å². The fraction of sp³-hybridized carbons (Fsp3) is 0.917. The molecule has 4 aliphatic rings. The Morgan fingerprint density at radius 2 is 1.63 bits per heavy atom. The topological polar surface area (TPSA) is 81.6 Å². The molecule has 1 unspecified atom stereocenters. The van der Waals surface area contributed by atoms with Gasteiger partial charge in [0.15, 0.2) is 0 Å². The smallest absolute Gasteiger partial charge is 0.410 e. The average Bonchev–Trinajstić information content (AvgIpc) is 3.29. The minimum atomic E-state index is -0.130. The number of ether oxygens (including phenoxy) is 1. The Morgan fingerprint density at radius 1 is 0.927 bits per heavy atom. The number of rotatable bonds is 14. The Hall–Kier alpha value is -1.07. The number of nitrogens with two attached hydrogens (primary N) is 2. The third-order valence-electron chi connectivity index (χ3n) is 12.5. The van der Waals surface area contributed by atoms with E-state index in [1.54, 1.807) is 5.57 Å². The van der Waals surface area contributed by atoms with Gasteiger partial charge in [-0.25, -0.2) is 4.79 Å². The fourth-order valence-corrected chi connectivity index (χ4v) is 10.2. The second kappa shape index (κ2) is 14.6. The Kier molecular flexibility index (Phi) is 11.7. The van der Waals surface area contributed by atoms with Gasteiger partial charge in [-0.2, -0.15) is 0 Å². The summed E-state index contributed by atoms with van der Waals surface area (Å²) in [5.41, 5.74) is 13.8. The van der Waals surface area contributed by atoms with Crippen molar-refractivity contribution in [2.24, 2.45) is 57.8 Å². The van der Waals surface area contributed by atoms with Gasteiger partial charge in [0.25, 0.3) is 0 Å². The van der Waals surface area contributed by atoms with Crippen LogP contribution in [0.15, 0.2) is 11.6 Å². The number of amides is 1. The maximum absolute atomic E-state index is 13.2. The van der Waals surface area contributed by atoms with E-state index in [-0.39, 0.29) is 17.6 Å². The highest BCUT2D eigenvalue weighted by Crippen LogP contribution is 2.67. The fourth-order valence-electron chi connectivity index (χ4n) is 10.2. The van der Waals surface area contributed by atoms with Crippen LogP contribution in [-0.4, -0.2) is 43.3 Å². The molecule has 0 radical (unpaired) electrons. The molecule has 5 heteroatoms. The molecule has 0 aliphatic heterocycles. The van der Waals surface area contributed by atoms with E-state index < -0.39 is 0 Å². The standard InChI is InChI=1S/C36H65N3O2/c1-26(2)11-10-12-27(3)31-15-16-32-30-14-13-28-25-29(17-19-35(28,4)33(30)18-20-36(31,32)5)41-34(40)39(23-8-6-21-37)24-9-7-22-38/h13,26-27,29-33H,6-12,14-25,37-38H2,1-5H3/t27-,29?,30+,31-,32+,33+,35+,36-/m1/s1. The number of carbonyl (C=O) groups excluding carboxylic acids is 1. The predicted molar refractivity (Wildman–Crippen MR) is 171 cm³/mol. The first-order valence-electron chi connectivity index (χ1n) is 17.7. The molecule has 5 nitrogen and oxygen atoms in total. The van der Waals surface area contributed by atoms with E-state index >= 15 is 0 Å². The second-order valence-corrected chi connectivity index (χ2v) is 15.5. The molecule has 236 valence electrons.